The molecule has 2 heterocycles. The van der Waals surface area contributed by atoms with Crippen molar-refractivity contribution in [2.24, 2.45) is 0 Å². The Bertz CT molecular complexity index is 1420. The lowest BCUT2D eigenvalue weighted by Crippen LogP contribution is -2.63. The maximum Gasteiger partial charge on any atom is 0.408 e. The molecule has 6 rings (SSSR count). The van der Waals surface area contributed by atoms with Crippen LogP contribution >= 0.6 is 0 Å². The van der Waals surface area contributed by atoms with Gasteiger partial charge in [0, 0.05) is 38.6 Å². The zero-order valence-corrected chi connectivity index (χ0v) is 23.4. The highest BCUT2D eigenvalue weighted by atomic mass is 16.5. The molecule has 2 unspecified atom stereocenters. The molecule has 42 heavy (non-hydrogen) atoms. The summed E-state index contributed by atoms with van der Waals surface area (Å²) >= 11 is 0. The third-order valence-electron chi connectivity index (χ3n) is 8.52. The molecule has 0 aromatic heterocycles. The zero-order valence-electron chi connectivity index (χ0n) is 23.4. The van der Waals surface area contributed by atoms with Gasteiger partial charge in [-0.1, -0.05) is 78.9 Å². The number of carbonyl (C=O) groups excluding carboxylic acids is 2. The minimum Gasteiger partial charge on any atom is -0.481 e. The zero-order chi connectivity index (χ0) is 29.1. The summed E-state index contributed by atoms with van der Waals surface area (Å²) < 4.78 is 11.5. The standard InChI is InChI=1S/C33H35N3O6/c37-30(38)18-24-20-36(16-17-41-24)31(39)33(14-15-35(22-33)19-23-8-2-1-3-9-23)34-32(40)42-21-29-27-12-6-4-10-25(27)26-11-5-7-13-28(26)29/h1-13,24,29H,14-22H2,(H,34,40)(H,37,38). The third-order valence-corrected chi connectivity index (χ3v) is 8.52. The number of benzene rings is 3. The number of hydrogen-bond donors (Lipinski definition) is 2. The van der Waals surface area contributed by atoms with Crippen LogP contribution in [0, 0.1) is 0 Å². The summed E-state index contributed by atoms with van der Waals surface area (Å²) in [5.41, 5.74) is 4.45. The first-order chi connectivity index (χ1) is 20.4. The van der Waals surface area contributed by atoms with E-state index in [-0.39, 0.29) is 38.0 Å². The minimum absolute atomic E-state index is 0.0935. The fraction of sp³-hybridized carbons (Fsp3) is 0.364. The highest BCUT2D eigenvalue weighted by molar-refractivity contribution is 5.91. The molecule has 3 aromatic rings. The van der Waals surface area contributed by atoms with E-state index in [1.807, 2.05) is 54.6 Å². The van der Waals surface area contributed by atoms with Gasteiger partial charge in [-0.25, -0.2) is 4.79 Å². The molecular weight excluding hydrogens is 534 g/mol. The first kappa shape index (κ1) is 27.9. The summed E-state index contributed by atoms with van der Waals surface area (Å²) in [6.45, 7) is 2.49. The van der Waals surface area contributed by atoms with Crippen molar-refractivity contribution in [3.63, 3.8) is 0 Å². The van der Waals surface area contributed by atoms with Crippen LogP contribution in [0.15, 0.2) is 78.9 Å². The molecule has 0 saturated carbocycles. The number of carboxylic acid groups (broad SMARTS) is 1. The Kier molecular flexibility index (Phi) is 7.95. The fourth-order valence-electron chi connectivity index (χ4n) is 6.55. The van der Waals surface area contributed by atoms with Gasteiger partial charge in [0.25, 0.3) is 0 Å². The van der Waals surface area contributed by atoms with Gasteiger partial charge in [-0.2, -0.15) is 0 Å². The predicted molar refractivity (Wildman–Crippen MR) is 156 cm³/mol. The van der Waals surface area contributed by atoms with Crippen LogP contribution in [0.1, 0.15) is 35.4 Å². The molecule has 9 nitrogen and oxygen atoms in total. The second kappa shape index (κ2) is 12.0. The summed E-state index contributed by atoms with van der Waals surface area (Å²) in [5, 5.41) is 12.2. The summed E-state index contributed by atoms with van der Waals surface area (Å²) in [6, 6.07) is 26.3. The van der Waals surface area contributed by atoms with Crippen molar-refractivity contribution in [1.82, 2.24) is 15.1 Å². The number of nitrogens with zero attached hydrogens (tertiary/aromatic N) is 2. The lowest BCUT2D eigenvalue weighted by Gasteiger charge is -2.39. The van der Waals surface area contributed by atoms with E-state index in [0.717, 1.165) is 27.8 Å². The fourth-order valence-corrected chi connectivity index (χ4v) is 6.55. The van der Waals surface area contributed by atoms with Crippen molar-refractivity contribution >= 4 is 18.0 Å². The van der Waals surface area contributed by atoms with E-state index in [9.17, 15) is 19.5 Å². The highest BCUT2D eigenvalue weighted by Gasteiger charge is 2.49. The number of rotatable bonds is 8. The average Bonchev–Trinajstić information content (AvgIpc) is 3.55. The van der Waals surface area contributed by atoms with Gasteiger partial charge in [0.15, 0.2) is 0 Å². The predicted octanol–water partition coefficient (Wildman–Crippen LogP) is 3.87. The molecule has 0 radical (unpaired) electrons. The minimum atomic E-state index is -1.19. The van der Waals surface area contributed by atoms with Crippen molar-refractivity contribution in [2.75, 3.05) is 39.4 Å². The van der Waals surface area contributed by atoms with Crippen molar-refractivity contribution in [1.29, 1.82) is 0 Å². The molecule has 2 amide bonds. The van der Waals surface area contributed by atoms with Crippen LogP contribution < -0.4 is 5.32 Å². The van der Waals surface area contributed by atoms with Gasteiger partial charge in [0.2, 0.25) is 5.91 Å². The number of alkyl carbamates (subject to hydrolysis) is 1. The van der Waals surface area contributed by atoms with Crippen molar-refractivity contribution in [3.8, 4) is 11.1 Å². The number of fused-ring (bicyclic) bond motifs is 3. The summed E-state index contributed by atoms with van der Waals surface area (Å²) in [5.74, 6) is -1.30. The van der Waals surface area contributed by atoms with Gasteiger partial charge < -0.3 is 24.8 Å². The Morgan fingerprint density at radius 1 is 0.929 bits per heavy atom. The Morgan fingerprint density at radius 2 is 1.60 bits per heavy atom. The van der Waals surface area contributed by atoms with Crippen molar-refractivity contribution in [3.05, 3.63) is 95.6 Å². The number of nitrogens with one attached hydrogen (secondary N) is 1. The lowest BCUT2D eigenvalue weighted by atomic mass is 9.95. The average molecular weight is 570 g/mol. The second-order valence-electron chi connectivity index (χ2n) is 11.3. The van der Waals surface area contributed by atoms with Gasteiger partial charge in [-0.15, -0.1) is 0 Å². The molecule has 2 aliphatic heterocycles. The van der Waals surface area contributed by atoms with Crippen LogP contribution in [0.2, 0.25) is 0 Å². The molecule has 1 aliphatic carbocycles. The van der Waals surface area contributed by atoms with Gasteiger partial charge in [0.05, 0.1) is 19.1 Å². The molecular formula is C33H35N3O6. The van der Waals surface area contributed by atoms with Crippen LogP contribution in [0.5, 0.6) is 0 Å². The number of ether oxygens (including phenoxy) is 2. The number of morpholine rings is 1. The molecule has 2 fully saturated rings. The largest absolute Gasteiger partial charge is 0.481 e. The van der Waals surface area contributed by atoms with E-state index < -0.39 is 23.7 Å². The van der Waals surface area contributed by atoms with Gasteiger partial charge >= 0.3 is 12.1 Å². The summed E-state index contributed by atoms with van der Waals surface area (Å²) in [6.07, 6.45) is -0.990. The number of aliphatic carboxylic acids is 1. The Morgan fingerprint density at radius 3 is 2.29 bits per heavy atom. The maximum atomic E-state index is 14.1. The normalized spacial score (nSPS) is 21.9. The van der Waals surface area contributed by atoms with Gasteiger partial charge in [0.1, 0.15) is 12.1 Å². The monoisotopic (exact) mass is 569 g/mol. The Labute approximate surface area is 245 Å². The van der Waals surface area contributed by atoms with Crippen LogP contribution in [0.3, 0.4) is 0 Å². The summed E-state index contributed by atoms with van der Waals surface area (Å²) in [7, 11) is 0. The van der Waals surface area contributed by atoms with Crippen LogP contribution in [-0.2, 0) is 25.6 Å². The molecule has 3 aliphatic rings. The first-order valence-corrected chi connectivity index (χ1v) is 14.4. The molecule has 9 heteroatoms. The van der Waals surface area contributed by atoms with Crippen LogP contribution in [0.4, 0.5) is 4.79 Å². The van der Waals surface area contributed by atoms with Crippen LogP contribution in [-0.4, -0.2) is 83.9 Å². The Balaban J connectivity index is 1.18. The number of amides is 2. The number of carbonyl (C=O) groups is 3. The van der Waals surface area contributed by atoms with Crippen molar-refractivity contribution in [2.45, 2.75) is 36.9 Å². The molecule has 2 saturated heterocycles. The van der Waals surface area contributed by atoms with E-state index in [0.29, 0.717) is 32.6 Å². The third kappa shape index (κ3) is 5.75. The maximum absolute atomic E-state index is 14.1. The quantitative estimate of drug-likeness (QED) is 0.424. The molecule has 0 spiro atoms. The first-order valence-electron chi connectivity index (χ1n) is 14.4. The van der Waals surface area contributed by atoms with Crippen LogP contribution in [0.25, 0.3) is 11.1 Å². The highest BCUT2D eigenvalue weighted by Crippen LogP contribution is 2.44. The molecule has 3 aromatic carbocycles. The van der Waals surface area contributed by atoms with E-state index in [2.05, 4.69) is 34.5 Å². The second-order valence-corrected chi connectivity index (χ2v) is 11.3. The van der Waals surface area contributed by atoms with E-state index in [1.165, 1.54) is 0 Å². The van der Waals surface area contributed by atoms with Crippen molar-refractivity contribution < 1.29 is 29.0 Å². The van der Waals surface area contributed by atoms with E-state index in [1.54, 1.807) is 4.90 Å². The van der Waals surface area contributed by atoms with E-state index >= 15 is 0 Å². The SMILES string of the molecule is O=C(O)CC1CN(C(=O)C2(NC(=O)OCC3c4ccccc4-c4ccccc43)CCN(Cc3ccccc3)C2)CCO1. The van der Waals surface area contributed by atoms with E-state index in [4.69, 9.17) is 9.47 Å². The molecule has 2 atom stereocenters. The number of carboxylic acids is 1. The number of likely N-dealkylation sites (tertiary alicyclic amines) is 1. The van der Waals surface area contributed by atoms with Gasteiger partial charge in [-0.3, -0.25) is 14.5 Å². The van der Waals surface area contributed by atoms with Gasteiger partial charge in [-0.05, 0) is 34.2 Å². The number of hydrogen-bond acceptors (Lipinski definition) is 6. The lowest BCUT2D eigenvalue weighted by molar-refractivity contribution is -0.151. The smallest absolute Gasteiger partial charge is 0.408 e. The molecule has 0 bridgehead atoms. The Hall–Kier alpha value is -4.21. The molecule has 218 valence electrons. The summed E-state index contributed by atoms with van der Waals surface area (Å²) in [4.78, 5) is 42.6. The topological polar surface area (TPSA) is 108 Å². The molecule has 2 N–H and O–H groups in total.